The number of ether oxygens (including phenoxy) is 2. The Morgan fingerprint density at radius 3 is 2.78 bits per heavy atom. The molecule has 23 heavy (non-hydrogen) atoms. The second kappa shape index (κ2) is 8.89. The van der Waals surface area contributed by atoms with Gasteiger partial charge in [0, 0.05) is 13.2 Å². The van der Waals surface area contributed by atoms with Crippen LogP contribution in [0.4, 0.5) is 0 Å². The number of nitrogens with one attached hydrogen (secondary N) is 2. The Morgan fingerprint density at radius 1 is 1.35 bits per heavy atom. The summed E-state index contributed by atoms with van der Waals surface area (Å²) in [5, 5.41) is 6.29. The van der Waals surface area contributed by atoms with Gasteiger partial charge < -0.3 is 14.8 Å². The number of amides is 2. The van der Waals surface area contributed by atoms with E-state index in [1.54, 1.807) is 24.3 Å². The molecule has 1 aromatic carbocycles. The summed E-state index contributed by atoms with van der Waals surface area (Å²) in [6.07, 6.45) is 3.34. The minimum atomic E-state index is -0.801. The molecule has 1 saturated heterocycles. The summed E-state index contributed by atoms with van der Waals surface area (Å²) in [5.41, 5.74) is 2.98. The third kappa shape index (κ3) is 5.71. The molecule has 0 saturated carbocycles. The summed E-state index contributed by atoms with van der Waals surface area (Å²) < 4.78 is 10.7. The van der Waals surface area contributed by atoms with E-state index < -0.39 is 11.8 Å². The summed E-state index contributed by atoms with van der Waals surface area (Å²) in [7, 11) is 0. The van der Waals surface area contributed by atoms with Gasteiger partial charge in [0.05, 0.1) is 18.9 Å². The molecule has 0 spiro atoms. The maximum absolute atomic E-state index is 11.6. The van der Waals surface area contributed by atoms with E-state index in [9.17, 15) is 9.59 Å². The molecule has 2 N–H and O–H groups in total. The Bertz CT molecular complexity index is 551. The number of nitrogens with zero attached hydrogens (tertiary/aromatic N) is 1. The summed E-state index contributed by atoms with van der Waals surface area (Å²) in [6, 6.07) is 7.22. The monoisotopic (exact) mass is 319 g/mol. The predicted octanol–water partition coefficient (Wildman–Crippen LogP) is 0.831. The van der Waals surface area contributed by atoms with E-state index in [-0.39, 0.29) is 6.10 Å². The topological polar surface area (TPSA) is 89.0 Å². The minimum Gasteiger partial charge on any atom is -0.494 e. The molecule has 0 radical (unpaired) electrons. The minimum absolute atomic E-state index is 0.000828. The average Bonchev–Trinajstić information content (AvgIpc) is 3.08. The first-order chi connectivity index (χ1) is 11.2. The standard InChI is InChI=1S/C16H21N3O4/c1-2-22-13-7-5-12(6-8-13)10-18-19-16(21)15(20)17-11-14-4-3-9-23-14/h5-8,10,14H,2-4,9,11H2,1H3,(H,17,20)(H,19,21)/b18-10-/t14-/m1/s1. The molecule has 0 aromatic heterocycles. The van der Waals surface area contributed by atoms with Crippen LogP contribution in [-0.2, 0) is 14.3 Å². The third-order valence-corrected chi connectivity index (χ3v) is 3.29. The van der Waals surface area contributed by atoms with Gasteiger partial charge in [-0.25, -0.2) is 5.43 Å². The van der Waals surface area contributed by atoms with Gasteiger partial charge in [0.25, 0.3) is 0 Å². The van der Waals surface area contributed by atoms with Gasteiger partial charge in [-0.05, 0) is 49.6 Å². The smallest absolute Gasteiger partial charge is 0.329 e. The van der Waals surface area contributed by atoms with Crippen molar-refractivity contribution >= 4 is 18.0 Å². The highest BCUT2D eigenvalue weighted by Gasteiger charge is 2.18. The maximum atomic E-state index is 11.6. The Kier molecular flexibility index (Phi) is 6.56. The van der Waals surface area contributed by atoms with Crippen LogP contribution in [0.1, 0.15) is 25.3 Å². The highest BCUT2D eigenvalue weighted by atomic mass is 16.5. The lowest BCUT2D eigenvalue weighted by Gasteiger charge is -2.09. The van der Waals surface area contributed by atoms with Gasteiger partial charge in [0.15, 0.2) is 0 Å². The van der Waals surface area contributed by atoms with Crippen molar-refractivity contribution in [1.82, 2.24) is 10.7 Å². The molecule has 1 heterocycles. The van der Waals surface area contributed by atoms with E-state index in [2.05, 4.69) is 15.8 Å². The van der Waals surface area contributed by atoms with Gasteiger partial charge in [0.2, 0.25) is 0 Å². The fourth-order valence-electron chi connectivity index (χ4n) is 2.13. The third-order valence-electron chi connectivity index (χ3n) is 3.29. The van der Waals surface area contributed by atoms with Crippen LogP contribution in [0.2, 0.25) is 0 Å². The van der Waals surface area contributed by atoms with Crippen LogP contribution in [0.15, 0.2) is 29.4 Å². The lowest BCUT2D eigenvalue weighted by molar-refractivity contribution is -0.139. The van der Waals surface area contributed by atoms with E-state index in [0.29, 0.717) is 19.8 Å². The summed E-state index contributed by atoms with van der Waals surface area (Å²) in [6.45, 7) is 3.56. The van der Waals surface area contributed by atoms with Crippen LogP contribution < -0.4 is 15.5 Å². The van der Waals surface area contributed by atoms with E-state index in [1.165, 1.54) is 6.21 Å². The predicted molar refractivity (Wildman–Crippen MR) is 85.3 cm³/mol. The van der Waals surface area contributed by atoms with Crippen molar-refractivity contribution in [2.45, 2.75) is 25.9 Å². The fourth-order valence-corrected chi connectivity index (χ4v) is 2.13. The van der Waals surface area contributed by atoms with Crippen LogP contribution >= 0.6 is 0 Å². The maximum Gasteiger partial charge on any atom is 0.329 e. The number of benzene rings is 1. The van der Waals surface area contributed by atoms with Gasteiger partial charge >= 0.3 is 11.8 Å². The van der Waals surface area contributed by atoms with E-state index >= 15 is 0 Å². The van der Waals surface area contributed by atoms with Crippen LogP contribution in [0.25, 0.3) is 0 Å². The van der Waals surface area contributed by atoms with Gasteiger partial charge in [-0.1, -0.05) is 0 Å². The zero-order valence-corrected chi connectivity index (χ0v) is 13.1. The van der Waals surface area contributed by atoms with E-state index in [1.807, 2.05) is 6.92 Å². The molecule has 2 rings (SSSR count). The normalized spacial score (nSPS) is 17.2. The molecule has 1 aliphatic rings. The van der Waals surface area contributed by atoms with Crippen molar-refractivity contribution in [2.24, 2.45) is 5.10 Å². The number of hydrogen-bond donors (Lipinski definition) is 2. The first kappa shape index (κ1) is 17.0. The second-order valence-electron chi connectivity index (χ2n) is 5.05. The molecular weight excluding hydrogens is 298 g/mol. The van der Waals surface area contributed by atoms with Crippen molar-refractivity contribution in [2.75, 3.05) is 19.8 Å². The second-order valence-corrected chi connectivity index (χ2v) is 5.05. The summed E-state index contributed by atoms with van der Waals surface area (Å²) >= 11 is 0. The van der Waals surface area contributed by atoms with Gasteiger partial charge in [-0.2, -0.15) is 5.10 Å². The number of rotatable bonds is 6. The van der Waals surface area contributed by atoms with E-state index in [0.717, 1.165) is 24.2 Å². The molecule has 0 bridgehead atoms. The van der Waals surface area contributed by atoms with Gasteiger partial charge in [-0.3, -0.25) is 9.59 Å². The Morgan fingerprint density at radius 2 is 2.13 bits per heavy atom. The van der Waals surface area contributed by atoms with Crippen molar-refractivity contribution < 1.29 is 19.1 Å². The first-order valence-electron chi connectivity index (χ1n) is 7.64. The van der Waals surface area contributed by atoms with Crippen molar-refractivity contribution in [3.8, 4) is 5.75 Å². The van der Waals surface area contributed by atoms with Crippen molar-refractivity contribution in [1.29, 1.82) is 0 Å². The number of hydrazone groups is 1. The van der Waals surface area contributed by atoms with Crippen LogP contribution in [0, 0.1) is 0 Å². The molecule has 0 unspecified atom stereocenters. The number of hydrogen-bond acceptors (Lipinski definition) is 5. The number of carbonyl (C=O) groups excluding carboxylic acids is 2. The average molecular weight is 319 g/mol. The molecule has 124 valence electrons. The lowest BCUT2D eigenvalue weighted by atomic mass is 10.2. The fraction of sp³-hybridized carbons (Fsp3) is 0.438. The highest BCUT2D eigenvalue weighted by Crippen LogP contribution is 2.11. The number of carbonyl (C=O) groups is 2. The van der Waals surface area contributed by atoms with Crippen LogP contribution in [0.3, 0.4) is 0 Å². The Hall–Kier alpha value is -2.41. The molecule has 7 nitrogen and oxygen atoms in total. The molecule has 1 aliphatic heterocycles. The SMILES string of the molecule is CCOc1ccc(/C=N\NC(=O)C(=O)NC[C@H]2CCCO2)cc1. The van der Waals surface area contributed by atoms with Crippen molar-refractivity contribution in [3.05, 3.63) is 29.8 Å². The Labute approximate surface area is 135 Å². The molecule has 0 aliphatic carbocycles. The molecule has 2 amide bonds. The molecule has 1 aromatic rings. The molecular formula is C16H21N3O4. The zero-order chi connectivity index (χ0) is 16.5. The first-order valence-corrected chi connectivity index (χ1v) is 7.64. The van der Waals surface area contributed by atoms with E-state index in [4.69, 9.17) is 9.47 Å². The summed E-state index contributed by atoms with van der Waals surface area (Å²) in [5.74, 6) is -0.753. The largest absolute Gasteiger partial charge is 0.494 e. The highest BCUT2D eigenvalue weighted by molar-refractivity contribution is 6.35. The Balaban J connectivity index is 1.72. The van der Waals surface area contributed by atoms with Gasteiger partial charge in [-0.15, -0.1) is 0 Å². The van der Waals surface area contributed by atoms with Crippen LogP contribution in [0.5, 0.6) is 5.75 Å². The van der Waals surface area contributed by atoms with Gasteiger partial charge in [0.1, 0.15) is 5.75 Å². The van der Waals surface area contributed by atoms with Crippen LogP contribution in [-0.4, -0.2) is 43.9 Å². The van der Waals surface area contributed by atoms with Crippen molar-refractivity contribution in [3.63, 3.8) is 0 Å². The molecule has 1 fully saturated rings. The molecule has 1 atom stereocenters. The summed E-state index contributed by atoms with van der Waals surface area (Å²) in [4.78, 5) is 23.2. The zero-order valence-electron chi connectivity index (χ0n) is 13.1. The lowest BCUT2D eigenvalue weighted by Crippen LogP contribution is -2.41. The molecule has 7 heteroatoms. The quantitative estimate of drug-likeness (QED) is 0.462.